The number of carbonyl (C=O) groups excluding carboxylic acids is 2. The fourth-order valence-electron chi connectivity index (χ4n) is 1.40. The van der Waals surface area contributed by atoms with E-state index in [1.807, 2.05) is 0 Å². The van der Waals surface area contributed by atoms with Gasteiger partial charge in [-0.3, -0.25) is 9.59 Å². The van der Waals surface area contributed by atoms with Gasteiger partial charge in [-0.15, -0.1) is 0 Å². The number of esters is 2. The van der Waals surface area contributed by atoms with Crippen molar-refractivity contribution in [1.29, 1.82) is 0 Å². The maximum absolute atomic E-state index is 11.3. The third-order valence-electron chi connectivity index (χ3n) is 2.51. The molecular weight excluding hydrogens is 502 g/mol. The Kier molecular flexibility index (Phi) is 17.0. The summed E-state index contributed by atoms with van der Waals surface area (Å²) >= 11 is 4.57. The molecular formula is C14H24I2O5. The predicted octanol–water partition coefficient (Wildman–Crippen LogP) is 3.30. The van der Waals surface area contributed by atoms with Crippen LogP contribution in [-0.2, 0) is 23.8 Å². The van der Waals surface area contributed by atoms with Crippen LogP contribution in [0.25, 0.3) is 0 Å². The monoisotopic (exact) mass is 526 g/mol. The lowest BCUT2D eigenvalue weighted by molar-refractivity contribution is -0.146. The van der Waals surface area contributed by atoms with Crippen molar-refractivity contribution < 1.29 is 23.8 Å². The van der Waals surface area contributed by atoms with E-state index in [2.05, 4.69) is 45.2 Å². The number of unbranched alkanes of at least 4 members (excludes halogenated alkanes) is 2. The van der Waals surface area contributed by atoms with Gasteiger partial charge in [-0.25, -0.2) is 0 Å². The van der Waals surface area contributed by atoms with Gasteiger partial charge in [0.15, 0.2) is 0 Å². The lowest BCUT2D eigenvalue weighted by Gasteiger charge is -2.07. The zero-order chi connectivity index (χ0) is 15.8. The van der Waals surface area contributed by atoms with E-state index < -0.39 is 0 Å². The fourth-order valence-corrected chi connectivity index (χ4v) is 2.48. The van der Waals surface area contributed by atoms with Gasteiger partial charge in [0.05, 0.1) is 13.2 Å². The number of ether oxygens (including phenoxy) is 3. The number of hydrogen-bond donors (Lipinski definition) is 0. The molecule has 5 nitrogen and oxygen atoms in total. The van der Waals surface area contributed by atoms with E-state index in [4.69, 9.17) is 14.2 Å². The van der Waals surface area contributed by atoms with Gasteiger partial charge < -0.3 is 14.2 Å². The smallest absolute Gasteiger partial charge is 0.305 e. The average Bonchev–Trinajstić information content (AvgIpc) is 2.47. The van der Waals surface area contributed by atoms with Crippen molar-refractivity contribution in [3.05, 3.63) is 0 Å². The first kappa shape index (κ1) is 21.4. The topological polar surface area (TPSA) is 61.8 Å². The number of rotatable bonds is 14. The summed E-state index contributed by atoms with van der Waals surface area (Å²) in [5.74, 6) is -0.352. The number of halogens is 2. The first-order chi connectivity index (χ1) is 10.2. The summed E-state index contributed by atoms with van der Waals surface area (Å²) < 4.78 is 17.4. The Balaban J connectivity index is 3.24. The second-order valence-electron chi connectivity index (χ2n) is 4.35. The van der Waals surface area contributed by atoms with Crippen LogP contribution >= 0.6 is 45.2 Å². The third-order valence-corrected chi connectivity index (χ3v) is 4.04. The van der Waals surface area contributed by atoms with Crippen molar-refractivity contribution in [3.8, 4) is 0 Å². The van der Waals surface area contributed by atoms with Gasteiger partial charge in [0.1, 0.15) is 13.2 Å². The van der Waals surface area contributed by atoms with Crippen LogP contribution < -0.4 is 0 Å². The minimum atomic E-state index is -0.176. The van der Waals surface area contributed by atoms with Crippen molar-refractivity contribution in [1.82, 2.24) is 0 Å². The molecule has 0 radical (unpaired) electrons. The first-order valence-electron chi connectivity index (χ1n) is 7.21. The van der Waals surface area contributed by atoms with Crippen LogP contribution in [0.2, 0.25) is 0 Å². The Morgan fingerprint density at radius 3 is 1.48 bits per heavy atom. The Bertz CT molecular complexity index is 248. The summed E-state index contributed by atoms with van der Waals surface area (Å²) in [6.07, 6.45) is 4.76. The van der Waals surface area contributed by atoms with Crippen LogP contribution in [0, 0.1) is 0 Å². The van der Waals surface area contributed by atoms with E-state index in [-0.39, 0.29) is 25.2 Å². The summed E-state index contributed by atoms with van der Waals surface area (Å²) in [6.45, 7) is 1.19. The molecule has 0 saturated carbocycles. The van der Waals surface area contributed by atoms with Crippen molar-refractivity contribution in [2.24, 2.45) is 0 Å². The molecule has 0 unspecified atom stereocenters. The molecule has 21 heavy (non-hydrogen) atoms. The zero-order valence-corrected chi connectivity index (χ0v) is 16.6. The maximum Gasteiger partial charge on any atom is 0.305 e. The Labute approximate surface area is 154 Å². The van der Waals surface area contributed by atoms with Gasteiger partial charge in [0.25, 0.3) is 0 Å². The van der Waals surface area contributed by atoms with Gasteiger partial charge in [-0.1, -0.05) is 45.2 Å². The number of hydrogen-bond acceptors (Lipinski definition) is 5. The van der Waals surface area contributed by atoms with Crippen LogP contribution in [0.4, 0.5) is 0 Å². The lowest BCUT2D eigenvalue weighted by atomic mass is 10.2. The average molecular weight is 526 g/mol. The number of carbonyl (C=O) groups is 2. The highest BCUT2D eigenvalue weighted by molar-refractivity contribution is 14.1. The SMILES string of the molecule is O=C(CCCCI)OCCOCCOC(=O)CCCCI. The molecule has 7 heteroatoms. The van der Waals surface area contributed by atoms with Gasteiger partial charge in [-0.05, 0) is 34.5 Å². The van der Waals surface area contributed by atoms with Crippen LogP contribution in [0.3, 0.4) is 0 Å². The second kappa shape index (κ2) is 16.7. The fraction of sp³-hybridized carbons (Fsp3) is 0.857. The molecule has 124 valence electrons. The van der Waals surface area contributed by atoms with E-state index in [1.165, 1.54) is 0 Å². The molecule has 0 bridgehead atoms. The molecule has 0 aromatic heterocycles. The van der Waals surface area contributed by atoms with E-state index in [9.17, 15) is 9.59 Å². The summed E-state index contributed by atoms with van der Waals surface area (Å²) in [6, 6.07) is 0. The Hall–Kier alpha value is 0.360. The van der Waals surface area contributed by atoms with Crippen LogP contribution in [0.15, 0.2) is 0 Å². The van der Waals surface area contributed by atoms with Gasteiger partial charge in [-0.2, -0.15) is 0 Å². The highest BCUT2D eigenvalue weighted by Gasteiger charge is 2.03. The normalized spacial score (nSPS) is 10.4. The predicted molar refractivity (Wildman–Crippen MR) is 98.2 cm³/mol. The minimum Gasteiger partial charge on any atom is -0.463 e. The second-order valence-corrected chi connectivity index (χ2v) is 6.50. The third kappa shape index (κ3) is 16.6. The zero-order valence-electron chi connectivity index (χ0n) is 12.3. The lowest BCUT2D eigenvalue weighted by Crippen LogP contribution is -2.14. The van der Waals surface area contributed by atoms with Gasteiger partial charge >= 0.3 is 11.9 Å². The molecule has 0 aliphatic rings. The molecule has 0 amide bonds. The summed E-state index contributed by atoms with van der Waals surface area (Å²) in [7, 11) is 0. The molecule has 0 heterocycles. The Morgan fingerprint density at radius 2 is 1.10 bits per heavy atom. The molecule has 0 aliphatic carbocycles. The van der Waals surface area contributed by atoms with E-state index in [0.29, 0.717) is 26.1 Å². The van der Waals surface area contributed by atoms with Crippen molar-refractivity contribution in [2.75, 3.05) is 35.3 Å². The summed E-state index contributed by atoms with van der Waals surface area (Å²) in [4.78, 5) is 22.5. The summed E-state index contributed by atoms with van der Waals surface area (Å²) in [5.41, 5.74) is 0. The molecule has 0 rings (SSSR count). The van der Waals surface area contributed by atoms with Crippen molar-refractivity contribution in [3.63, 3.8) is 0 Å². The molecule has 0 atom stereocenters. The largest absolute Gasteiger partial charge is 0.463 e. The quantitative estimate of drug-likeness (QED) is 0.151. The highest BCUT2D eigenvalue weighted by atomic mass is 127. The molecule has 0 aromatic rings. The standard InChI is InChI=1S/C14H24I2O5/c15-7-3-1-5-13(17)20-11-9-19-10-12-21-14(18)6-2-4-8-16/h1-12H2. The molecule has 0 aliphatic heterocycles. The highest BCUT2D eigenvalue weighted by Crippen LogP contribution is 2.01. The molecule has 0 aromatic carbocycles. The van der Waals surface area contributed by atoms with Gasteiger partial charge in [0, 0.05) is 12.8 Å². The maximum atomic E-state index is 11.3. The summed E-state index contributed by atoms with van der Waals surface area (Å²) in [5, 5.41) is 0. The first-order valence-corrected chi connectivity index (χ1v) is 10.3. The van der Waals surface area contributed by atoms with Crippen molar-refractivity contribution >= 4 is 57.1 Å². The Morgan fingerprint density at radius 1 is 0.667 bits per heavy atom. The van der Waals surface area contributed by atoms with E-state index >= 15 is 0 Å². The van der Waals surface area contributed by atoms with E-state index in [1.54, 1.807) is 0 Å². The molecule has 0 spiro atoms. The van der Waals surface area contributed by atoms with Crippen molar-refractivity contribution in [2.45, 2.75) is 38.5 Å². The van der Waals surface area contributed by atoms with Crippen LogP contribution in [0.5, 0.6) is 0 Å². The van der Waals surface area contributed by atoms with Crippen LogP contribution in [-0.4, -0.2) is 47.2 Å². The molecule has 0 saturated heterocycles. The minimum absolute atomic E-state index is 0.176. The van der Waals surface area contributed by atoms with E-state index in [0.717, 1.165) is 34.5 Å². The molecule has 0 fully saturated rings. The number of alkyl halides is 2. The van der Waals surface area contributed by atoms with Crippen LogP contribution in [0.1, 0.15) is 38.5 Å². The molecule has 0 N–H and O–H groups in total. The van der Waals surface area contributed by atoms with Gasteiger partial charge in [0.2, 0.25) is 0 Å².